The number of alkyl halides is 3. The third-order valence-electron chi connectivity index (χ3n) is 4.36. The van der Waals surface area contributed by atoms with Crippen molar-refractivity contribution >= 4 is 11.7 Å². The van der Waals surface area contributed by atoms with Crippen molar-refractivity contribution in [3.05, 3.63) is 53.5 Å². The summed E-state index contributed by atoms with van der Waals surface area (Å²) < 4.78 is 56.4. The fraction of sp³-hybridized carbons (Fsp3) is 0.333. The zero-order valence-corrected chi connectivity index (χ0v) is 14.5. The Morgan fingerprint density at radius 2 is 1.81 bits per heavy atom. The third kappa shape index (κ3) is 4.12. The number of rotatable bonds is 3. The average molecular weight is 383 g/mol. The van der Waals surface area contributed by atoms with E-state index in [0.717, 1.165) is 18.3 Å². The van der Waals surface area contributed by atoms with Crippen LogP contribution in [-0.4, -0.2) is 49.1 Å². The molecule has 9 heteroatoms. The molecule has 1 fully saturated rings. The zero-order valence-electron chi connectivity index (χ0n) is 14.5. The molecule has 0 radical (unpaired) electrons. The number of halogens is 4. The topological polar surface area (TPSA) is 45.7 Å². The van der Waals surface area contributed by atoms with Crippen molar-refractivity contribution in [2.45, 2.75) is 6.18 Å². The molecule has 144 valence electrons. The molecular weight excluding hydrogens is 366 g/mol. The minimum Gasteiger partial charge on any atom is -0.494 e. The molecule has 1 amide bonds. The first kappa shape index (κ1) is 18.9. The minimum atomic E-state index is -4.43. The summed E-state index contributed by atoms with van der Waals surface area (Å²) in [6, 6.07) is 6.32. The number of hydrogen-bond acceptors (Lipinski definition) is 4. The lowest BCUT2D eigenvalue weighted by Crippen LogP contribution is -2.49. The Hall–Kier alpha value is -2.84. The molecule has 2 aromatic rings. The summed E-state index contributed by atoms with van der Waals surface area (Å²) in [4.78, 5) is 19.8. The van der Waals surface area contributed by atoms with Crippen LogP contribution in [0.5, 0.6) is 5.75 Å². The number of carbonyl (C=O) groups is 1. The highest BCUT2D eigenvalue weighted by Crippen LogP contribution is 2.29. The van der Waals surface area contributed by atoms with Crippen molar-refractivity contribution < 1.29 is 27.1 Å². The quantitative estimate of drug-likeness (QED) is 0.764. The van der Waals surface area contributed by atoms with E-state index in [1.54, 1.807) is 9.80 Å². The molecule has 1 aliphatic rings. The van der Waals surface area contributed by atoms with Crippen LogP contribution in [-0.2, 0) is 6.18 Å². The number of ether oxygens (including phenoxy) is 1. The maximum atomic E-state index is 13.8. The van der Waals surface area contributed by atoms with E-state index in [0.29, 0.717) is 32.0 Å². The second-order valence-corrected chi connectivity index (χ2v) is 6.03. The van der Waals surface area contributed by atoms with Crippen LogP contribution < -0.4 is 9.64 Å². The van der Waals surface area contributed by atoms with E-state index < -0.39 is 17.6 Å². The highest BCUT2D eigenvalue weighted by molar-refractivity contribution is 5.94. The Morgan fingerprint density at radius 3 is 2.33 bits per heavy atom. The first-order chi connectivity index (χ1) is 12.8. The summed E-state index contributed by atoms with van der Waals surface area (Å²) in [6.07, 6.45) is -3.63. The van der Waals surface area contributed by atoms with Gasteiger partial charge in [0.1, 0.15) is 5.82 Å². The molecule has 5 nitrogen and oxygen atoms in total. The second kappa shape index (κ2) is 7.42. The summed E-state index contributed by atoms with van der Waals surface area (Å²) in [5.41, 5.74) is -0.587. The van der Waals surface area contributed by atoms with Gasteiger partial charge in [0.2, 0.25) is 0 Å². The van der Waals surface area contributed by atoms with Crippen LogP contribution in [0.15, 0.2) is 36.5 Å². The van der Waals surface area contributed by atoms with E-state index in [4.69, 9.17) is 4.74 Å². The molecule has 1 saturated heterocycles. The fourth-order valence-corrected chi connectivity index (χ4v) is 2.86. The molecule has 1 aromatic carbocycles. The molecule has 2 heterocycles. The minimum absolute atomic E-state index is 0.0600. The van der Waals surface area contributed by atoms with Gasteiger partial charge in [0, 0.05) is 37.9 Å². The van der Waals surface area contributed by atoms with Gasteiger partial charge in [-0.05, 0) is 30.3 Å². The average Bonchev–Trinajstić information content (AvgIpc) is 2.67. The van der Waals surface area contributed by atoms with Crippen LogP contribution in [0.1, 0.15) is 15.9 Å². The van der Waals surface area contributed by atoms with Gasteiger partial charge in [-0.25, -0.2) is 9.37 Å². The predicted octanol–water partition coefficient (Wildman–Crippen LogP) is 3.21. The number of anilines is 1. The van der Waals surface area contributed by atoms with Gasteiger partial charge in [-0.15, -0.1) is 0 Å². The summed E-state index contributed by atoms with van der Waals surface area (Å²) in [5.74, 6) is -0.442. The molecule has 27 heavy (non-hydrogen) atoms. The van der Waals surface area contributed by atoms with Crippen molar-refractivity contribution in [2.75, 3.05) is 38.2 Å². The lowest BCUT2D eigenvalue weighted by Gasteiger charge is -2.35. The van der Waals surface area contributed by atoms with Gasteiger partial charge in [0.15, 0.2) is 11.6 Å². The highest BCUT2D eigenvalue weighted by Gasteiger charge is 2.31. The van der Waals surface area contributed by atoms with Crippen molar-refractivity contribution in [3.8, 4) is 5.75 Å². The Kier molecular flexibility index (Phi) is 5.20. The molecule has 0 saturated carbocycles. The van der Waals surface area contributed by atoms with E-state index in [2.05, 4.69) is 4.98 Å². The number of nitrogens with zero attached hydrogens (tertiary/aromatic N) is 3. The number of piperazine rings is 1. The summed E-state index contributed by atoms with van der Waals surface area (Å²) >= 11 is 0. The molecule has 0 unspecified atom stereocenters. The number of benzene rings is 1. The number of aromatic nitrogens is 1. The van der Waals surface area contributed by atoms with Crippen LogP contribution in [0.4, 0.5) is 23.4 Å². The monoisotopic (exact) mass is 383 g/mol. The van der Waals surface area contributed by atoms with Crippen molar-refractivity contribution in [2.24, 2.45) is 0 Å². The predicted molar refractivity (Wildman–Crippen MR) is 90.3 cm³/mol. The van der Waals surface area contributed by atoms with Gasteiger partial charge in [-0.1, -0.05) is 0 Å². The van der Waals surface area contributed by atoms with Gasteiger partial charge in [0.25, 0.3) is 5.91 Å². The number of amides is 1. The van der Waals surface area contributed by atoms with Crippen LogP contribution in [0.3, 0.4) is 0 Å². The van der Waals surface area contributed by atoms with E-state index in [9.17, 15) is 22.4 Å². The van der Waals surface area contributed by atoms with Gasteiger partial charge < -0.3 is 14.5 Å². The molecule has 3 rings (SSSR count). The first-order valence-electron chi connectivity index (χ1n) is 8.20. The van der Waals surface area contributed by atoms with Crippen molar-refractivity contribution in [1.82, 2.24) is 9.88 Å². The Bertz CT molecular complexity index is 816. The van der Waals surface area contributed by atoms with E-state index in [1.165, 1.54) is 25.3 Å². The number of carbonyl (C=O) groups excluding carboxylic acids is 1. The summed E-state index contributed by atoms with van der Waals surface area (Å²) in [6.45, 7) is 1.55. The smallest absolute Gasteiger partial charge is 0.417 e. The standard InChI is InChI=1S/C18H17F4N3O2/c1-27-15-4-2-12(10-14(15)19)17(26)25-8-6-24(7-9-25)16-5-3-13(11-23-16)18(20,21)22/h2-5,10-11H,6-9H2,1H3. The number of methoxy groups -OCH3 is 1. The lowest BCUT2D eigenvalue weighted by molar-refractivity contribution is -0.137. The van der Waals surface area contributed by atoms with Crippen LogP contribution in [0, 0.1) is 5.82 Å². The largest absolute Gasteiger partial charge is 0.494 e. The van der Waals surface area contributed by atoms with E-state index in [-0.39, 0.29) is 17.2 Å². The molecule has 0 bridgehead atoms. The summed E-state index contributed by atoms with van der Waals surface area (Å²) in [5, 5.41) is 0. The van der Waals surface area contributed by atoms with Crippen LogP contribution >= 0.6 is 0 Å². The van der Waals surface area contributed by atoms with Gasteiger partial charge >= 0.3 is 6.18 Å². The zero-order chi connectivity index (χ0) is 19.6. The van der Waals surface area contributed by atoms with Gasteiger partial charge in [-0.2, -0.15) is 13.2 Å². The third-order valence-corrected chi connectivity index (χ3v) is 4.36. The molecule has 0 atom stereocenters. The summed E-state index contributed by atoms with van der Waals surface area (Å²) in [7, 11) is 1.34. The molecule has 1 aliphatic heterocycles. The normalized spacial score (nSPS) is 15.0. The van der Waals surface area contributed by atoms with E-state index in [1.807, 2.05) is 0 Å². The van der Waals surface area contributed by atoms with Gasteiger partial charge in [0.05, 0.1) is 12.7 Å². The molecule has 0 spiro atoms. The molecule has 1 aromatic heterocycles. The maximum Gasteiger partial charge on any atom is 0.417 e. The van der Waals surface area contributed by atoms with Crippen molar-refractivity contribution in [3.63, 3.8) is 0 Å². The Balaban J connectivity index is 1.63. The number of pyridine rings is 1. The fourth-order valence-electron chi connectivity index (χ4n) is 2.86. The van der Waals surface area contributed by atoms with E-state index >= 15 is 0 Å². The van der Waals surface area contributed by atoms with Crippen molar-refractivity contribution in [1.29, 1.82) is 0 Å². The van der Waals surface area contributed by atoms with Crippen LogP contribution in [0.2, 0.25) is 0 Å². The Labute approximate surface area is 153 Å². The van der Waals surface area contributed by atoms with Gasteiger partial charge in [-0.3, -0.25) is 4.79 Å². The molecular formula is C18H17F4N3O2. The molecule has 0 N–H and O–H groups in total. The molecule has 0 aliphatic carbocycles. The highest BCUT2D eigenvalue weighted by atomic mass is 19.4. The Morgan fingerprint density at radius 1 is 1.11 bits per heavy atom. The number of hydrogen-bond donors (Lipinski definition) is 0. The van der Waals surface area contributed by atoms with Crippen LogP contribution in [0.25, 0.3) is 0 Å². The maximum absolute atomic E-state index is 13.8. The first-order valence-corrected chi connectivity index (χ1v) is 8.20. The lowest BCUT2D eigenvalue weighted by atomic mass is 10.1. The SMILES string of the molecule is COc1ccc(C(=O)N2CCN(c3ccc(C(F)(F)F)cn3)CC2)cc1F. The second-order valence-electron chi connectivity index (χ2n) is 6.03.